The van der Waals surface area contributed by atoms with Crippen LogP contribution in [0.4, 0.5) is 16.5 Å². The Morgan fingerprint density at radius 3 is 2.52 bits per heavy atom. The number of hydrogen-bond donors (Lipinski definition) is 2. The van der Waals surface area contributed by atoms with Crippen LogP contribution in [0.2, 0.25) is 0 Å². The van der Waals surface area contributed by atoms with Gasteiger partial charge in [0.15, 0.2) is 5.13 Å². The Hall–Kier alpha value is -3.32. The van der Waals surface area contributed by atoms with Gasteiger partial charge in [0.1, 0.15) is 17.9 Å². The molecule has 152 valence electrons. The van der Waals surface area contributed by atoms with Gasteiger partial charge in [-0.15, -0.1) is 11.3 Å². The molecule has 0 bridgehead atoms. The summed E-state index contributed by atoms with van der Waals surface area (Å²) in [6.45, 7) is 2.80. The Morgan fingerprint density at radius 2 is 1.97 bits per heavy atom. The lowest BCUT2D eigenvalue weighted by atomic mass is 10.3. The third-order valence-corrected chi connectivity index (χ3v) is 6.09. The van der Waals surface area contributed by atoms with E-state index in [1.807, 2.05) is 0 Å². The average molecular weight is 436 g/mol. The standard InChI is InChI=1S/C16H16N6O5S2/c1-10-15(22(24)25)11(2)21(19-10)9-14(23)18-12-3-5-13(6-4-12)29(26,27)20-16-17-7-8-28-16/h3-8H,9H2,1-2H3,(H,17,20)(H,18,23). The molecule has 29 heavy (non-hydrogen) atoms. The molecule has 2 heterocycles. The van der Waals surface area contributed by atoms with Crippen molar-refractivity contribution in [3.05, 3.63) is 57.3 Å². The topological polar surface area (TPSA) is 149 Å². The molecule has 11 nitrogen and oxygen atoms in total. The fourth-order valence-electron chi connectivity index (χ4n) is 2.61. The second-order valence-electron chi connectivity index (χ2n) is 5.95. The van der Waals surface area contributed by atoms with Crippen LogP contribution >= 0.6 is 11.3 Å². The SMILES string of the molecule is Cc1nn(CC(=O)Nc2ccc(S(=O)(=O)Nc3nccs3)cc2)c(C)c1[N+](=O)[O-]. The smallest absolute Gasteiger partial charge is 0.312 e. The van der Waals surface area contributed by atoms with Gasteiger partial charge in [-0.2, -0.15) is 5.10 Å². The summed E-state index contributed by atoms with van der Waals surface area (Å²) in [5.41, 5.74) is 0.749. The summed E-state index contributed by atoms with van der Waals surface area (Å²) in [6.07, 6.45) is 1.48. The third kappa shape index (κ3) is 4.57. The minimum Gasteiger partial charge on any atom is -0.324 e. The predicted octanol–water partition coefficient (Wildman–Crippen LogP) is 2.30. The monoisotopic (exact) mass is 436 g/mol. The van der Waals surface area contributed by atoms with Crippen LogP contribution in [0.1, 0.15) is 11.4 Å². The normalized spacial score (nSPS) is 11.2. The van der Waals surface area contributed by atoms with Gasteiger partial charge in [-0.1, -0.05) is 0 Å². The van der Waals surface area contributed by atoms with Crippen molar-refractivity contribution >= 4 is 43.8 Å². The number of thiazole rings is 1. The van der Waals surface area contributed by atoms with Gasteiger partial charge in [-0.05, 0) is 38.1 Å². The first-order valence-electron chi connectivity index (χ1n) is 8.18. The largest absolute Gasteiger partial charge is 0.324 e. The van der Waals surface area contributed by atoms with Crippen LogP contribution in [-0.2, 0) is 21.4 Å². The predicted molar refractivity (Wildman–Crippen MR) is 106 cm³/mol. The number of hydrogen-bond acceptors (Lipinski definition) is 8. The van der Waals surface area contributed by atoms with E-state index in [0.29, 0.717) is 5.69 Å². The number of rotatable bonds is 7. The molecule has 0 aliphatic rings. The summed E-state index contributed by atoms with van der Waals surface area (Å²) in [4.78, 5) is 26.6. The molecular formula is C16H16N6O5S2. The van der Waals surface area contributed by atoms with E-state index >= 15 is 0 Å². The van der Waals surface area contributed by atoms with Crippen LogP contribution in [0.5, 0.6) is 0 Å². The molecule has 0 unspecified atom stereocenters. The molecule has 0 saturated carbocycles. The second-order valence-corrected chi connectivity index (χ2v) is 8.53. The molecule has 0 fully saturated rings. The summed E-state index contributed by atoms with van der Waals surface area (Å²) in [5.74, 6) is -0.456. The number of aryl methyl sites for hydroxylation is 1. The lowest BCUT2D eigenvalue weighted by Gasteiger charge is -2.08. The maximum atomic E-state index is 12.3. The number of anilines is 2. The van der Waals surface area contributed by atoms with Crippen LogP contribution in [0.3, 0.4) is 0 Å². The third-order valence-electron chi connectivity index (χ3n) is 3.92. The molecule has 1 amide bonds. The van der Waals surface area contributed by atoms with E-state index in [2.05, 4.69) is 20.1 Å². The maximum Gasteiger partial charge on any atom is 0.312 e. The van der Waals surface area contributed by atoms with E-state index in [4.69, 9.17) is 0 Å². The lowest BCUT2D eigenvalue weighted by Crippen LogP contribution is -2.20. The van der Waals surface area contributed by atoms with Gasteiger partial charge in [0.05, 0.1) is 9.82 Å². The molecule has 0 radical (unpaired) electrons. The van der Waals surface area contributed by atoms with E-state index in [-0.39, 0.29) is 33.6 Å². The highest BCUT2D eigenvalue weighted by Gasteiger charge is 2.23. The van der Waals surface area contributed by atoms with Crippen LogP contribution in [0.25, 0.3) is 0 Å². The number of carbonyl (C=O) groups excluding carboxylic acids is 1. The van der Waals surface area contributed by atoms with Gasteiger partial charge in [0.25, 0.3) is 10.0 Å². The molecule has 3 aromatic rings. The second kappa shape index (κ2) is 7.97. The first-order chi connectivity index (χ1) is 13.7. The molecule has 0 spiro atoms. The summed E-state index contributed by atoms with van der Waals surface area (Å²) in [7, 11) is -3.79. The fourth-order valence-corrected chi connectivity index (χ4v) is 4.40. The maximum absolute atomic E-state index is 12.3. The molecule has 1 aromatic carbocycles. The molecule has 0 aliphatic heterocycles. The number of nitrogens with zero attached hydrogens (tertiary/aromatic N) is 4. The molecule has 2 aromatic heterocycles. The van der Waals surface area contributed by atoms with Gasteiger partial charge < -0.3 is 5.32 Å². The Morgan fingerprint density at radius 1 is 1.28 bits per heavy atom. The fraction of sp³-hybridized carbons (Fsp3) is 0.188. The van der Waals surface area contributed by atoms with Crippen molar-refractivity contribution < 1.29 is 18.1 Å². The molecular weight excluding hydrogens is 420 g/mol. The van der Waals surface area contributed by atoms with E-state index < -0.39 is 20.9 Å². The van der Waals surface area contributed by atoms with Crippen LogP contribution in [0, 0.1) is 24.0 Å². The van der Waals surface area contributed by atoms with Crippen LogP contribution in [0.15, 0.2) is 40.7 Å². The molecule has 0 atom stereocenters. The van der Waals surface area contributed by atoms with Crippen molar-refractivity contribution in [1.29, 1.82) is 0 Å². The first kappa shape index (κ1) is 20.4. The number of benzene rings is 1. The van der Waals surface area contributed by atoms with Gasteiger partial charge in [-0.25, -0.2) is 13.4 Å². The Bertz CT molecular complexity index is 1150. The van der Waals surface area contributed by atoms with Gasteiger partial charge in [-0.3, -0.25) is 24.3 Å². The molecule has 0 saturated heterocycles. The molecule has 2 N–H and O–H groups in total. The molecule has 3 rings (SSSR count). The Balaban J connectivity index is 1.68. The Kier molecular flexibility index (Phi) is 5.61. The number of amides is 1. The zero-order valence-corrected chi connectivity index (χ0v) is 17.0. The van der Waals surface area contributed by atoms with Crippen molar-refractivity contribution in [3.63, 3.8) is 0 Å². The summed E-state index contributed by atoms with van der Waals surface area (Å²) in [5, 5.41) is 19.6. The number of aromatic nitrogens is 3. The lowest BCUT2D eigenvalue weighted by molar-refractivity contribution is -0.386. The number of sulfonamides is 1. The van der Waals surface area contributed by atoms with Gasteiger partial charge in [0, 0.05) is 17.3 Å². The van der Waals surface area contributed by atoms with Gasteiger partial charge >= 0.3 is 5.69 Å². The summed E-state index contributed by atoms with van der Waals surface area (Å²) < 4.78 is 28.2. The van der Waals surface area contributed by atoms with E-state index in [1.54, 1.807) is 5.38 Å². The number of nitrogens with one attached hydrogen (secondary N) is 2. The van der Waals surface area contributed by atoms with E-state index in [1.165, 1.54) is 49.0 Å². The highest BCUT2D eigenvalue weighted by molar-refractivity contribution is 7.93. The highest BCUT2D eigenvalue weighted by Crippen LogP contribution is 2.22. The van der Waals surface area contributed by atoms with Crippen LogP contribution in [-0.4, -0.2) is 34.0 Å². The van der Waals surface area contributed by atoms with E-state index in [0.717, 1.165) is 11.3 Å². The Labute approximate surface area is 169 Å². The summed E-state index contributed by atoms with van der Waals surface area (Å²) >= 11 is 1.15. The molecule has 13 heteroatoms. The number of nitro groups is 1. The van der Waals surface area contributed by atoms with Crippen molar-refractivity contribution in [2.75, 3.05) is 10.0 Å². The van der Waals surface area contributed by atoms with Crippen molar-refractivity contribution in [2.45, 2.75) is 25.3 Å². The highest BCUT2D eigenvalue weighted by atomic mass is 32.2. The quantitative estimate of drug-likeness (QED) is 0.426. The summed E-state index contributed by atoms with van der Waals surface area (Å²) in [6, 6.07) is 5.58. The number of carbonyl (C=O) groups is 1. The first-order valence-corrected chi connectivity index (χ1v) is 10.5. The van der Waals surface area contributed by atoms with Crippen LogP contribution < -0.4 is 10.0 Å². The zero-order chi connectivity index (χ0) is 21.2. The van der Waals surface area contributed by atoms with Gasteiger partial charge in [0.2, 0.25) is 5.91 Å². The average Bonchev–Trinajstić information content (AvgIpc) is 3.22. The van der Waals surface area contributed by atoms with E-state index in [9.17, 15) is 23.3 Å². The minimum absolute atomic E-state index is 0.0138. The zero-order valence-electron chi connectivity index (χ0n) is 15.3. The minimum atomic E-state index is -3.79. The van der Waals surface area contributed by atoms with Crippen molar-refractivity contribution in [2.24, 2.45) is 0 Å². The van der Waals surface area contributed by atoms with Crippen molar-refractivity contribution in [1.82, 2.24) is 14.8 Å². The van der Waals surface area contributed by atoms with Crippen molar-refractivity contribution in [3.8, 4) is 0 Å². The molecule has 0 aliphatic carbocycles.